The van der Waals surface area contributed by atoms with Crippen LogP contribution in [0.2, 0.25) is 0 Å². The van der Waals surface area contributed by atoms with Crippen molar-refractivity contribution in [1.29, 1.82) is 0 Å². The predicted octanol–water partition coefficient (Wildman–Crippen LogP) is 0.228. The maximum Gasteiger partial charge on any atom is 0.250 e. The lowest BCUT2D eigenvalue weighted by atomic mass is 9.86. The largest absolute Gasteiger partial charge is 0.352 e. The SMILES string of the molecule is Cl.Cl.O=C(CN1CCN(C(=O)C2(n3cccn3)CCNCC2)CC1)NC1CC1. The van der Waals surface area contributed by atoms with Crippen molar-refractivity contribution < 1.29 is 9.59 Å². The van der Waals surface area contributed by atoms with Crippen molar-refractivity contribution >= 4 is 36.6 Å². The lowest BCUT2D eigenvalue weighted by Gasteiger charge is -2.43. The summed E-state index contributed by atoms with van der Waals surface area (Å²) in [4.78, 5) is 29.5. The fraction of sp³-hybridized carbons (Fsp3) is 0.722. The summed E-state index contributed by atoms with van der Waals surface area (Å²) in [5.41, 5.74) is -0.569. The summed E-state index contributed by atoms with van der Waals surface area (Å²) in [6, 6.07) is 2.28. The van der Waals surface area contributed by atoms with Gasteiger partial charge in [-0.05, 0) is 44.8 Å². The highest BCUT2D eigenvalue weighted by Gasteiger charge is 2.45. The van der Waals surface area contributed by atoms with E-state index in [2.05, 4.69) is 20.6 Å². The molecule has 3 aliphatic rings. The van der Waals surface area contributed by atoms with Gasteiger partial charge in [0.25, 0.3) is 5.91 Å². The molecule has 0 unspecified atom stereocenters. The number of halogens is 2. The number of amides is 2. The van der Waals surface area contributed by atoms with Gasteiger partial charge >= 0.3 is 0 Å². The van der Waals surface area contributed by atoms with E-state index in [9.17, 15) is 9.59 Å². The molecule has 0 spiro atoms. The third kappa shape index (κ3) is 4.97. The molecule has 0 aromatic carbocycles. The Balaban J connectivity index is 0.00000140. The maximum atomic E-state index is 13.4. The van der Waals surface area contributed by atoms with Crippen molar-refractivity contribution in [3.8, 4) is 0 Å². The van der Waals surface area contributed by atoms with E-state index in [1.165, 1.54) is 0 Å². The van der Waals surface area contributed by atoms with Gasteiger partial charge in [-0.3, -0.25) is 19.2 Å². The quantitative estimate of drug-likeness (QED) is 0.695. The van der Waals surface area contributed by atoms with Crippen LogP contribution in [0.15, 0.2) is 18.5 Å². The first-order valence-electron chi connectivity index (χ1n) is 9.69. The number of hydrogen-bond donors (Lipinski definition) is 2. The van der Waals surface area contributed by atoms with Crippen molar-refractivity contribution in [2.75, 3.05) is 45.8 Å². The number of carbonyl (C=O) groups is 2. The van der Waals surface area contributed by atoms with Crippen LogP contribution in [0, 0.1) is 0 Å². The first-order chi connectivity index (χ1) is 12.7. The van der Waals surface area contributed by atoms with E-state index in [0.29, 0.717) is 25.7 Å². The molecule has 1 aromatic rings. The zero-order chi connectivity index (χ0) is 18.0. The average Bonchev–Trinajstić information content (AvgIpc) is 3.30. The standard InChI is InChI=1S/C18H28N6O2.2ClH/c25-16(21-15-2-3-15)14-22-10-12-23(13-11-22)17(26)18(4-7-19-8-5-18)24-9-1-6-20-24;;/h1,6,9,15,19H,2-5,7-8,10-14H2,(H,21,25);2*1H. The van der Waals surface area contributed by atoms with Crippen molar-refractivity contribution in [2.45, 2.75) is 37.3 Å². The third-order valence-electron chi connectivity index (χ3n) is 5.74. The number of nitrogens with zero attached hydrogens (tertiary/aromatic N) is 4. The normalized spacial score (nSPS) is 21.9. The van der Waals surface area contributed by atoms with Crippen LogP contribution in [0.3, 0.4) is 0 Å². The molecule has 1 aliphatic carbocycles. The van der Waals surface area contributed by atoms with E-state index in [4.69, 9.17) is 0 Å². The number of hydrogen-bond acceptors (Lipinski definition) is 5. The molecule has 3 fully saturated rings. The Morgan fingerprint density at radius 2 is 1.79 bits per heavy atom. The highest BCUT2D eigenvalue weighted by molar-refractivity contribution is 5.86. The second-order valence-corrected chi connectivity index (χ2v) is 7.64. The van der Waals surface area contributed by atoms with Crippen LogP contribution in [-0.4, -0.2) is 83.2 Å². The molecule has 4 rings (SSSR count). The summed E-state index contributed by atoms with van der Waals surface area (Å²) in [6.45, 7) is 4.93. The summed E-state index contributed by atoms with van der Waals surface area (Å²) >= 11 is 0. The smallest absolute Gasteiger partial charge is 0.250 e. The topological polar surface area (TPSA) is 82.5 Å². The number of aromatic nitrogens is 2. The summed E-state index contributed by atoms with van der Waals surface area (Å²) in [5.74, 6) is 0.281. The molecular weight excluding hydrogens is 403 g/mol. The van der Waals surface area contributed by atoms with Gasteiger partial charge in [0.1, 0.15) is 5.54 Å². The zero-order valence-corrected chi connectivity index (χ0v) is 17.6. The van der Waals surface area contributed by atoms with Crippen LogP contribution >= 0.6 is 24.8 Å². The second kappa shape index (κ2) is 9.91. The van der Waals surface area contributed by atoms with E-state index >= 15 is 0 Å². The predicted molar refractivity (Wildman–Crippen MR) is 111 cm³/mol. The van der Waals surface area contributed by atoms with Crippen molar-refractivity contribution in [3.05, 3.63) is 18.5 Å². The van der Waals surface area contributed by atoms with E-state index in [1.807, 2.05) is 21.8 Å². The minimum absolute atomic E-state index is 0. The van der Waals surface area contributed by atoms with Gasteiger partial charge in [-0.1, -0.05) is 0 Å². The van der Waals surface area contributed by atoms with E-state index < -0.39 is 5.54 Å². The molecular formula is C18H30Cl2N6O2. The molecule has 28 heavy (non-hydrogen) atoms. The van der Waals surface area contributed by atoms with Crippen LogP contribution in [0.1, 0.15) is 25.7 Å². The van der Waals surface area contributed by atoms with Crippen LogP contribution in [0.5, 0.6) is 0 Å². The second-order valence-electron chi connectivity index (χ2n) is 7.64. The summed E-state index contributed by atoms with van der Waals surface area (Å²) in [5, 5.41) is 10.8. The van der Waals surface area contributed by atoms with Crippen LogP contribution in [0.4, 0.5) is 0 Å². The fourth-order valence-corrected chi connectivity index (χ4v) is 4.01. The molecule has 8 nitrogen and oxygen atoms in total. The number of rotatable bonds is 5. The Morgan fingerprint density at radius 1 is 1.11 bits per heavy atom. The molecule has 0 bridgehead atoms. The minimum atomic E-state index is -0.569. The molecule has 3 heterocycles. The summed E-state index contributed by atoms with van der Waals surface area (Å²) in [7, 11) is 0. The van der Waals surface area contributed by atoms with Crippen molar-refractivity contribution in [3.63, 3.8) is 0 Å². The highest BCUT2D eigenvalue weighted by atomic mass is 35.5. The molecule has 1 aromatic heterocycles. The Bertz CT molecular complexity index is 639. The molecule has 2 saturated heterocycles. The van der Waals surface area contributed by atoms with Gasteiger partial charge in [-0.2, -0.15) is 5.10 Å². The van der Waals surface area contributed by atoms with E-state index in [1.54, 1.807) is 6.20 Å². The Morgan fingerprint density at radius 3 is 2.36 bits per heavy atom. The van der Waals surface area contributed by atoms with E-state index in [0.717, 1.165) is 51.9 Å². The van der Waals surface area contributed by atoms with Gasteiger partial charge < -0.3 is 15.5 Å². The molecule has 10 heteroatoms. The summed E-state index contributed by atoms with van der Waals surface area (Å²) < 4.78 is 1.85. The number of piperidine rings is 1. The average molecular weight is 433 g/mol. The molecule has 2 amide bonds. The number of carbonyl (C=O) groups excluding carboxylic acids is 2. The molecule has 2 N–H and O–H groups in total. The zero-order valence-electron chi connectivity index (χ0n) is 16.0. The van der Waals surface area contributed by atoms with E-state index in [-0.39, 0.29) is 36.6 Å². The lowest BCUT2D eigenvalue weighted by molar-refractivity contribution is -0.145. The van der Waals surface area contributed by atoms with Crippen LogP contribution < -0.4 is 10.6 Å². The van der Waals surface area contributed by atoms with Gasteiger partial charge in [0.2, 0.25) is 5.91 Å². The Hall–Kier alpha value is -1.35. The Labute approximate surface area is 178 Å². The number of nitrogens with one attached hydrogen (secondary N) is 2. The van der Waals surface area contributed by atoms with Gasteiger partial charge in [-0.25, -0.2) is 0 Å². The molecule has 0 radical (unpaired) electrons. The molecule has 158 valence electrons. The van der Waals surface area contributed by atoms with Crippen LogP contribution in [-0.2, 0) is 15.1 Å². The Kier molecular flexibility index (Phi) is 8.12. The molecule has 1 saturated carbocycles. The molecule has 0 atom stereocenters. The number of piperazine rings is 1. The van der Waals surface area contributed by atoms with Gasteiger partial charge in [-0.15, -0.1) is 24.8 Å². The van der Waals surface area contributed by atoms with Crippen molar-refractivity contribution in [1.82, 2.24) is 30.2 Å². The van der Waals surface area contributed by atoms with Gasteiger partial charge in [0.05, 0.1) is 6.54 Å². The summed E-state index contributed by atoms with van der Waals surface area (Å²) in [6.07, 6.45) is 7.39. The maximum absolute atomic E-state index is 13.4. The van der Waals surface area contributed by atoms with Crippen molar-refractivity contribution in [2.24, 2.45) is 0 Å². The van der Waals surface area contributed by atoms with Gasteiger partial charge in [0, 0.05) is 44.6 Å². The first-order valence-corrected chi connectivity index (χ1v) is 9.69. The fourth-order valence-electron chi connectivity index (χ4n) is 4.01. The first kappa shape index (κ1) is 22.9. The van der Waals surface area contributed by atoms with Crippen LogP contribution in [0.25, 0.3) is 0 Å². The highest BCUT2D eigenvalue weighted by Crippen LogP contribution is 2.29. The van der Waals surface area contributed by atoms with Gasteiger partial charge in [0.15, 0.2) is 0 Å². The lowest BCUT2D eigenvalue weighted by Crippen LogP contribution is -2.59. The molecule has 2 aliphatic heterocycles. The minimum Gasteiger partial charge on any atom is -0.352 e. The monoisotopic (exact) mass is 432 g/mol. The third-order valence-corrected chi connectivity index (χ3v) is 5.74.